The maximum atomic E-state index is 10.5. The van der Waals surface area contributed by atoms with Crippen LogP contribution in [0.15, 0.2) is 24.3 Å². The fourth-order valence-electron chi connectivity index (χ4n) is 2.38. The number of aliphatic hydroxyl groups is 1. The van der Waals surface area contributed by atoms with Gasteiger partial charge in [-0.25, -0.2) is 0 Å². The molecule has 1 saturated heterocycles. The van der Waals surface area contributed by atoms with Gasteiger partial charge in [0.25, 0.3) is 0 Å². The third-order valence-corrected chi connectivity index (χ3v) is 3.68. The second-order valence-electron chi connectivity index (χ2n) is 5.59. The second-order valence-corrected chi connectivity index (χ2v) is 5.59. The van der Waals surface area contributed by atoms with E-state index in [4.69, 9.17) is 4.74 Å². The highest BCUT2D eigenvalue weighted by Crippen LogP contribution is 2.25. The largest absolute Gasteiger partial charge is 0.490 e. The maximum Gasteiger partial charge on any atom is 0.122 e. The van der Waals surface area contributed by atoms with Crippen LogP contribution < -0.4 is 4.74 Å². The summed E-state index contributed by atoms with van der Waals surface area (Å²) in [5.41, 5.74) is 0.409. The number of hydrogen-bond donors (Lipinski definition) is 1. The Kier molecular flexibility index (Phi) is 3.93. The molecule has 0 bridgehead atoms. The highest BCUT2D eigenvalue weighted by Gasteiger charge is 2.37. The summed E-state index contributed by atoms with van der Waals surface area (Å²) in [6.07, 6.45) is 0.789. The first kappa shape index (κ1) is 13.4. The third-order valence-electron chi connectivity index (χ3n) is 3.68. The molecule has 3 nitrogen and oxygen atoms in total. The van der Waals surface area contributed by atoms with Crippen LogP contribution in [0.5, 0.6) is 5.75 Å². The van der Waals surface area contributed by atoms with Crippen molar-refractivity contribution >= 4 is 0 Å². The minimum Gasteiger partial charge on any atom is -0.490 e. The van der Waals surface area contributed by atoms with Crippen LogP contribution in [0, 0.1) is 6.92 Å². The van der Waals surface area contributed by atoms with Gasteiger partial charge in [-0.1, -0.05) is 18.2 Å². The molecule has 3 heteroatoms. The lowest BCUT2D eigenvalue weighted by atomic mass is 10.1. The van der Waals surface area contributed by atoms with Crippen molar-refractivity contribution in [3.8, 4) is 5.75 Å². The van der Waals surface area contributed by atoms with E-state index in [0.717, 1.165) is 24.3 Å². The van der Waals surface area contributed by atoms with Crippen LogP contribution in [0.4, 0.5) is 0 Å². The SMILES string of the molecule is Cc1ccccc1OCC1(O)CCN(C(C)C)C1. The van der Waals surface area contributed by atoms with E-state index in [2.05, 4.69) is 18.7 Å². The molecule has 1 aromatic carbocycles. The van der Waals surface area contributed by atoms with Crippen molar-refractivity contribution < 1.29 is 9.84 Å². The summed E-state index contributed by atoms with van der Waals surface area (Å²) < 4.78 is 5.78. The summed E-state index contributed by atoms with van der Waals surface area (Å²) in [6, 6.07) is 8.41. The molecule has 1 atom stereocenters. The zero-order valence-electron chi connectivity index (χ0n) is 11.5. The molecular weight excluding hydrogens is 226 g/mol. The minimum atomic E-state index is -0.702. The summed E-state index contributed by atoms with van der Waals surface area (Å²) in [5, 5.41) is 10.5. The number of ether oxygens (including phenoxy) is 1. The van der Waals surface area contributed by atoms with Crippen molar-refractivity contribution in [2.75, 3.05) is 19.7 Å². The van der Waals surface area contributed by atoms with Crippen LogP contribution in [0.1, 0.15) is 25.8 Å². The molecule has 1 heterocycles. The first-order chi connectivity index (χ1) is 8.50. The van der Waals surface area contributed by atoms with Crippen LogP contribution >= 0.6 is 0 Å². The average molecular weight is 249 g/mol. The minimum absolute atomic E-state index is 0.376. The standard InChI is InChI=1S/C15H23NO2/c1-12(2)16-9-8-15(17,10-16)11-18-14-7-5-4-6-13(14)3/h4-7,12,17H,8-11H2,1-3H3. The number of nitrogens with zero attached hydrogens (tertiary/aromatic N) is 1. The Morgan fingerprint density at radius 3 is 2.72 bits per heavy atom. The van der Waals surface area contributed by atoms with Crippen molar-refractivity contribution in [1.82, 2.24) is 4.90 Å². The fourth-order valence-corrected chi connectivity index (χ4v) is 2.38. The molecule has 2 rings (SSSR count). The predicted octanol–water partition coefficient (Wildman–Crippen LogP) is 2.22. The molecule has 1 aliphatic heterocycles. The van der Waals surface area contributed by atoms with Gasteiger partial charge in [0.1, 0.15) is 18.0 Å². The molecule has 1 fully saturated rings. The molecule has 0 radical (unpaired) electrons. The molecule has 0 aliphatic carbocycles. The molecule has 1 N–H and O–H groups in total. The van der Waals surface area contributed by atoms with Crippen molar-refractivity contribution in [3.63, 3.8) is 0 Å². The van der Waals surface area contributed by atoms with Crippen LogP contribution in [-0.2, 0) is 0 Å². The number of aryl methyl sites for hydroxylation is 1. The number of likely N-dealkylation sites (tertiary alicyclic amines) is 1. The van der Waals surface area contributed by atoms with Crippen LogP contribution in [-0.4, -0.2) is 41.3 Å². The highest BCUT2D eigenvalue weighted by molar-refractivity contribution is 5.31. The summed E-state index contributed by atoms with van der Waals surface area (Å²) in [6.45, 7) is 8.37. The first-order valence-electron chi connectivity index (χ1n) is 6.65. The second kappa shape index (κ2) is 5.29. The van der Waals surface area contributed by atoms with Gasteiger partial charge in [0.2, 0.25) is 0 Å². The number of benzene rings is 1. The summed E-state index contributed by atoms with van der Waals surface area (Å²) in [5.74, 6) is 0.869. The monoisotopic (exact) mass is 249 g/mol. The lowest BCUT2D eigenvalue weighted by molar-refractivity contribution is 0.00147. The van der Waals surface area contributed by atoms with E-state index < -0.39 is 5.60 Å². The molecule has 0 spiro atoms. The quantitative estimate of drug-likeness (QED) is 0.888. The van der Waals surface area contributed by atoms with E-state index in [-0.39, 0.29) is 0 Å². The van der Waals surface area contributed by atoms with Gasteiger partial charge in [0.15, 0.2) is 0 Å². The van der Waals surface area contributed by atoms with Crippen molar-refractivity contribution in [3.05, 3.63) is 29.8 Å². The van der Waals surface area contributed by atoms with E-state index in [9.17, 15) is 5.11 Å². The zero-order chi connectivity index (χ0) is 13.2. The summed E-state index contributed by atoms with van der Waals surface area (Å²) in [7, 11) is 0. The van der Waals surface area contributed by atoms with Crippen molar-refractivity contribution in [2.45, 2.75) is 38.8 Å². The normalized spacial score (nSPS) is 24.7. The van der Waals surface area contributed by atoms with Gasteiger partial charge in [0.05, 0.1) is 0 Å². The summed E-state index contributed by atoms with van der Waals surface area (Å²) >= 11 is 0. The third kappa shape index (κ3) is 3.03. The Labute approximate surface area is 109 Å². The van der Waals surface area contributed by atoms with Gasteiger partial charge < -0.3 is 9.84 Å². The molecule has 0 amide bonds. The van der Waals surface area contributed by atoms with Gasteiger partial charge in [-0.3, -0.25) is 4.90 Å². The lowest BCUT2D eigenvalue weighted by Crippen LogP contribution is -2.40. The Morgan fingerprint density at radius 2 is 2.11 bits per heavy atom. The maximum absolute atomic E-state index is 10.5. The van der Waals surface area contributed by atoms with Gasteiger partial charge >= 0.3 is 0 Å². The molecule has 0 saturated carbocycles. The number of para-hydroxylation sites is 1. The van der Waals surface area contributed by atoms with E-state index in [0.29, 0.717) is 19.2 Å². The van der Waals surface area contributed by atoms with E-state index in [1.165, 1.54) is 0 Å². The van der Waals surface area contributed by atoms with Gasteiger partial charge in [-0.15, -0.1) is 0 Å². The van der Waals surface area contributed by atoms with Gasteiger partial charge in [-0.05, 0) is 38.8 Å². The molecular formula is C15H23NO2. The average Bonchev–Trinajstić information content (AvgIpc) is 2.72. The Morgan fingerprint density at radius 1 is 1.39 bits per heavy atom. The van der Waals surface area contributed by atoms with Crippen LogP contribution in [0.25, 0.3) is 0 Å². The van der Waals surface area contributed by atoms with E-state index in [1.54, 1.807) is 0 Å². The molecule has 100 valence electrons. The number of rotatable bonds is 4. The van der Waals surface area contributed by atoms with Gasteiger partial charge in [0, 0.05) is 19.1 Å². The zero-order valence-corrected chi connectivity index (χ0v) is 11.5. The summed E-state index contributed by atoms with van der Waals surface area (Å²) in [4.78, 5) is 2.29. The van der Waals surface area contributed by atoms with E-state index >= 15 is 0 Å². The number of β-amino-alcohol motifs (C(OH)–C–C–N with tert-alkyl or cyclic N) is 1. The van der Waals surface area contributed by atoms with Crippen molar-refractivity contribution in [1.29, 1.82) is 0 Å². The fraction of sp³-hybridized carbons (Fsp3) is 0.600. The Hall–Kier alpha value is -1.06. The van der Waals surface area contributed by atoms with Crippen LogP contribution in [0.2, 0.25) is 0 Å². The van der Waals surface area contributed by atoms with Gasteiger partial charge in [-0.2, -0.15) is 0 Å². The molecule has 1 aromatic rings. The first-order valence-corrected chi connectivity index (χ1v) is 6.65. The number of hydrogen-bond acceptors (Lipinski definition) is 3. The topological polar surface area (TPSA) is 32.7 Å². The highest BCUT2D eigenvalue weighted by atomic mass is 16.5. The predicted molar refractivity (Wildman–Crippen MR) is 72.9 cm³/mol. The molecule has 0 aromatic heterocycles. The molecule has 18 heavy (non-hydrogen) atoms. The molecule has 1 unspecified atom stereocenters. The Balaban J connectivity index is 1.93. The smallest absolute Gasteiger partial charge is 0.122 e. The van der Waals surface area contributed by atoms with Crippen LogP contribution in [0.3, 0.4) is 0 Å². The lowest BCUT2D eigenvalue weighted by Gasteiger charge is -2.25. The Bertz CT molecular complexity index is 405. The van der Waals surface area contributed by atoms with E-state index in [1.807, 2.05) is 31.2 Å². The van der Waals surface area contributed by atoms with Crippen molar-refractivity contribution in [2.24, 2.45) is 0 Å². The molecule has 1 aliphatic rings.